The standard InChI is InChI=1S/C25H20N2O6/c1-15-22(29)19-8-5-9-20(24(19)33-23(15)17-6-3-2-4-7-17)25(30)26-14-21(28)16-10-12-18(13-11-16)27(31)32/h2-13,21,28H,14H2,1H3,(H,26,30). The van der Waals surface area contributed by atoms with Gasteiger partial charge in [-0.2, -0.15) is 0 Å². The lowest BCUT2D eigenvalue weighted by molar-refractivity contribution is -0.384. The van der Waals surface area contributed by atoms with E-state index in [-0.39, 0.29) is 34.2 Å². The summed E-state index contributed by atoms with van der Waals surface area (Å²) in [6.45, 7) is 1.55. The number of nitrogens with one attached hydrogen (secondary N) is 1. The van der Waals surface area contributed by atoms with Crippen LogP contribution < -0.4 is 10.7 Å². The van der Waals surface area contributed by atoms with Crippen LogP contribution in [-0.4, -0.2) is 22.5 Å². The van der Waals surface area contributed by atoms with E-state index in [2.05, 4.69) is 5.32 Å². The van der Waals surface area contributed by atoms with Crippen molar-refractivity contribution >= 4 is 22.6 Å². The smallest absolute Gasteiger partial charge is 0.269 e. The van der Waals surface area contributed by atoms with Gasteiger partial charge in [-0.1, -0.05) is 36.4 Å². The third kappa shape index (κ3) is 4.37. The molecule has 0 saturated heterocycles. The van der Waals surface area contributed by atoms with Gasteiger partial charge in [-0.15, -0.1) is 0 Å². The summed E-state index contributed by atoms with van der Waals surface area (Å²) in [6, 6.07) is 19.3. The number of nitrogens with zero attached hydrogens (tertiary/aromatic N) is 1. The number of para-hydroxylation sites is 1. The van der Waals surface area contributed by atoms with E-state index in [0.29, 0.717) is 16.9 Å². The van der Waals surface area contributed by atoms with Crippen molar-refractivity contribution in [2.45, 2.75) is 13.0 Å². The summed E-state index contributed by atoms with van der Waals surface area (Å²) in [7, 11) is 0. The summed E-state index contributed by atoms with van der Waals surface area (Å²) >= 11 is 0. The fourth-order valence-corrected chi connectivity index (χ4v) is 3.57. The molecule has 0 saturated carbocycles. The van der Waals surface area contributed by atoms with Crippen molar-refractivity contribution in [3.05, 3.63) is 110 Å². The van der Waals surface area contributed by atoms with Crippen LogP contribution in [0.25, 0.3) is 22.3 Å². The number of carbonyl (C=O) groups is 1. The Morgan fingerprint density at radius 2 is 1.76 bits per heavy atom. The van der Waals surface area contributed by atoms with E-state index in [0.717, 1.165) is 5.56 Å². The fourth-order valence-electron chi connectivity index (χ4n) is 3.57. The Balaban J connectivity index is 1.62. The second-order valence-electron chi connectivity index (χ2n) is 7.51. The van der Waals surface area contributed by atoms with E-state index < -0.39 is 16.9 Å². The van der Waals surface area contributed by atoms with Crippen LogP contribution in [0.1, 0.15) is 27.6 Å². The van der Waals surface area contributed by atoms with Crippen molar-refractivity contribution in [3.8, 4) is 11.3 Å². The first-order valence-corrected chi connectivity index (χ1v) is 10.2. The largest absolute Gasteiger partial charge is 0.455 e. The molecule has 2 N–H and O–H groups in total. The van der Waals surface area contributed by atoms with Crippen LogP contribution in [0.4, 0.5) is 5.69 Å². The zero-order valence-electron chi connectivity index (χ0n) is 17.6. The van der Waals surface area contributed by atoms with Gasteiger partial charge < -0.3 is 14.8 Å². The van der Waals surface area contributed by atoms with Crippen LogP contribution in [0.3, 0.4) is 0 Å². The van der Waals surface area contributed by atoms with Crippen LogP contribution in [0.15, 0.2) is 82.0 Å². The van der Waals surface area contributed by atoms with Crippen LogP contribution in [0.5, 0.6) is 0 Å². The Labute approximate surface area is 188 Å². The van der Waals surface area contributed by atoms with Gasteiger partial charge in [0.2, 0.25) is 0 Å². The summed E-state index contributed by atoms with van der Waals surface area (Å²) in [5.74, 6) is -0.133. The van der Waals surface area contributed by atoms with Gasteiger partial charge in [-0.25, -0.2) is 0 Å². The van der Waals surface area contributed by atoms with Crippen molar-refractivity contribution in [2.75, 3.05) is 6.54 Å². The second kappa shape index (κ2) is 9.05. The minimum Gasteiger partial charge on any atom is -0.455 e. The number of benzene rings is 3. The average molecular weight is 444 g/mol. The first-order valence-electron chi connectivity index (χ1n) is 10.2. The highest BCUT2D eigenvalue weighted by Crippen LogP contribution is 2.27. The highest BCUT2D eigenvalue weighted by molar-refractivity contribution is 6.05. The quantitative estimate of drug-likeness (QED) is 0.340. The van der Waals surface area contributed by atoms with Gasteiger partial charge in [0, 0.05) is 29.8 Å². The lowest BCUT2D eigenvalue weighted by atomic mass is 10.0. The molecule has 1 aromatic heterocycles. The molecule has 1 amide bonds. The minimum atomic E-state index is -1.07. The molecule has 4 rings (SSSR count). The molecular weight excluding hydrogens is 424 g/mol. The lowest BCUT2D eigenvalue weighted by Crippen LogP contribution is -2.28. The van der Waals surface area contributed by atoms with E-state index in [1.807, 2.05) is 30.3 Å². The van der Waals surface area contributed by atoms with E-state index in [9.17, 15) is 24.8 Å². The van der Waals surface area contributed by atoms with Crippen LogP contribution in [0.2, 0.25) is 0 Å². The molecule has 0 aliphatic carbocycles. The number of carbonyl (C=O) groups excluding carboxylic acids is 1. The van der Waals surface area contributed by atoms with Gasteiger partial charge in [0.15, 0.2) is 11.0 Å². The van der Waals surface area contributed by atoms with Crippen molar-refractivity contribution in [1.29, 1.82) is 0 Å². The predicted molar refractivity (Wildman–Crippen MR) is 123 cm³/mol. The highest BCUT2D eigenvalue weighted by atomic mass is 16.6. The lowest BCUT2D eigenvalue weighted by Gasteiger charge is -2.13. The van der Waals surface area contributed by atoms with Crippen molar-refractivity contribution in [3.63, 3.8) is 0 Å². The van der Waals surface area contributed by atoms with Gasteiger partial charge in [-0.3, -0.25) is 19.7 Å². The minimum absolute atomic E-state index is 0.0923. The third-order valence-corrected chi connectivity index (χ3v) is 5.37. The number of nitro benzene ring substituents is 1. The van der Waals surface area contributed by atoms with E-state index in [1.54, 1.807) is 25.1 Å². The Bertz CT molecular complexity index is 1390. The van der Waals surface area contributed by atoms with Gasteiger partial charge in [-0.05, 0) is 36.8 Å². The molecule has 0 fully saturated rings. The van der Waals surface area contributed by atoms with Gasteiger partial charge in [0.1, 0.15) is 5.76 Å². The predicted octanol–water partition coefficient (Wildman–Crippen LogP) is 4.14. The van der Waals surface area contributed by atoms with Crippen LogP contribution >= 0.6 is 0 Å². The van der Waals surface area contributed by atoms with Crippen molar-refractivity contribution in [2.24, 2.45) is 0 Å². The van der Waals surface area contributed by atoms with Gasteiger partial charge >= 0.3 is 0 Å². The van der Waals surface area contributed by atoms with Crippen molar-refractivity contribution < 1.29 is 19.2 Å². The van der Waals surface area contributed by atoms with Crippen molar-refractivity contribution in [1.82, 2.24) is 5.32 Å². The Morgan fingerprint density at radius 1 is 1.06 bits per heavy atom. The first-order chi connectivity index (χ1) is 15.9. The summed E-state index contributed by atoms with van der Waals surface area (Å²) in [6.07, 6.45) is -1.07. The molecule has 0 aliphatic heterocycles. The highest BCUT2D eigenvalue weighted by Gasteiger charge is 2.19. The average Bonchev–Trinajstić information content (AvgIpc) is 2.84. The fraction of sp³-hybridized carbons (Fsp3) is 0.120. The number of hydrogen-bond donors (Lipinski definition) is 2. The Hall–Kier alpha value is -4.30. The normalized spacial score (nSPS) is 11.8. The number of amides is 1. The molecule has 1 heterocycles. The molecule has 0 bridgehead atoms. The monoisotopic (exact) mass is 444 g/mol. The summed E-state index contributed by atoms with van der Waals surface area (Å²) < 4.78 is 6.05. The number of rotatable bonds is 6. The van der Waals surface area contributed by atoms with E-state index in [4.69, 9.17) is 4.42 Å². The first kappa shape index (κ1) is 21.9. The zero-order valence-corrected chi connectivity index (χ0v) is 17.6. The number of aliphatic hydroxyl groups is 1. The molecule has 1 unspecified atom stereocenters. The molecule has 1 atom stereocenters. The molecule has 166 valence electrons. The Kier molecular flexibility index (Phi) is 6.01. The van der Waals surface area contributed by atoms with Crippen LogP contribution in [-0.2, 0) is 0 Å². The third-order valence-electron chi connectivity index (χ3n) is 5.37. The number of nitro groups is 1. The van der Waals surface area contributed by atoms with Crippen LogP contribution in [0, 0.1) is 17.0 Å². The van der Waals surface area contributed by atoms with E-state index in [1.165, 1.54) is 24.3 Å². The molecule has 8 nitrogen and oxygen atoms in total. The molecule has 0 radical (unpaired) electrons. The number of hydrogen-bond acceptors (Lipinski definition) is 6. The molecule has 8 heteroatoms. The van der Waals surface area contributed by atoms with Gasteiger partial charge in [0.25, 0.3) is 11.6 Å². The SMILES string of the molecule is Cc1c(-c2ccccc2)oc2c(C(=O)NCC(O)c3ccc([N+](=O)[O-])cc3)cccc2c1=O. The maximum atomic E-state index is 12.9. The molecular formula is C25H20N2O6. The topological polar surface area (TPSA) is 123 Å². The number of non-ortho nitro benzene ring substituents is 1. The van der Waals surface area contributed by atoms with Gasteiger partial charge in [0.05, 0.1) is 22.0 Å². The molecule has 0 spiro atoms. The summed E-state index contributed by atoms with van der Waals surface area (Å²) in [5, 5.41) is 24.1. The second-order valence-corrected chi connectivity index (χ2v) is 7.51. The molecule has 0 aliphatic rings. The number of aliphatic hydroxyl groups excluding tert-OH is 1. The summed E-state index contributed by atoms with van der Waals surface area (Å²) in [5.41, 5.74) is 1.60. The zero-order chi connectivity index (χ0) is 23.5. The van der Waals surface area contributed by atoms with E-state index >= 15 is 0 Å². The Morgan fingerprint density at radius 3 is 2.42 bits per heavy atom. The molecule has 4 aromatic rings. The maximum Gasteiger partial charge on any atom is 0.269 e. The molecule has 3 aromatic carbocycles. The summed E-state index contributed by atoms with van der Waals surface area (Å²) in [4.78, 5) is 36.1. The molecule has 33 heavy (non-hydrogen) atoms. The maximum absolute atomic E-state index is 12.9. The number of fused-ring (bicyclic) bond motifs is 1.